The lowest BCUT2D eigenvalue weighted by Gasteiger charge is -2.48. The number of aliphatic hydroxyl groups is 1. The molecule has 3 nitrogen and oxygen atoms in total. The van der Waals surface area contributed by atoms with Crippen LogP contribution in [0.1, 0.15) is 49.3 Å². The van der Waals surface area contributed by atoms with E-state index in [4.69, 9.17) is 9.47 Å². The summed E-state index contributed by atoms with van der Waals surface area (Å²) < 4.78 is 11.1. The van der Waals surface area contributed by atoms with Crippen molar-refractivity contribution >= 4 is 0 Å². The van der Waals surface area contributed by atoms with Gasteiger partial charge >= 0.3 is 0 Å². The molecule has 3 rings (SSSR count). The topological polar surface area (TPSA) is 38.7 Å². The molecule has 1 heterocycles. The zero-order chi connectivity index (χ0) is 14.0. The second kappa shape index (κ2) is 5.84. The van der Waals surface area contributed by atoms with Crippen LogP contribution in [0, 0.1) is 5.92 Å². The predicted molar refractivity (Wildman–Crippen MR) is 77.4 cm³/mol. The van der Waals surface area contributed by atoms with E-state index in [-0.39, 0.29) is 11.7 Å². The van der Waals surface area contributed by atoms with E-state index >= 15 is 0 Å². The van der Waals surface area contributed by atoms with Gasteiger partial charge < -0.3 is 14.6 Å². The molecule has 2 aliphatic rings. The average Bonchev–Trinajstić information content (AvgIpc) is 2.46. The molecule has 1 aromatic rings. The van der Waals surface area contributed by atoms with Crippen molar-refractivity contribution in [2.75, 3.05) is 13.7 Å². The molecular weight excluding hydrogens is 252 g/mol. The minimum atomic E-state index is -0.368. The van der Waals surface area contributed by atoms with Gasteiger partial charge in [-0.05, 0) is 49.1 Å². The van der Waals surface area contributed by atoms with Gasteiger partial charge in [0, 0.05) is 13.7 Å². The normalized spacial score (nSPS) is 26.2. The zero-order valence-corrected chi connectivity index (χ0v) is 12.2. The van der Waals surface area contributed by atoms with Crippen LogP contribution in [-0.2, 0) is 16.1 Å². The summed E-state index contributed by atoms with van der Waals surface area (Å²) in [6, 6.07) is 8.14. The van der Waals surface area contributed by atoms with E-state index in [1.807, 2.05) is 24.3 Å². The van der Waals surface area contributed by atoms with Gasteiger partial charge in [-0.25, -0.2) is 0 Å². The van der Waals surface area contributed by atoms with Gasteiger partial charge in [0.05, 0.1) is 18.3 Å². The van der Waals surface area contributed by atoms with E-state index in [0.29, 0.717) is 12.5 Å². The van der Waals surface area contributed by atoms with Crippen LogP contribution in [0.3, 0.4) is 0 Å². The molecule has 2 fully saturated rings. The molecule has 0 bridgehead atoms. The third-order valence-corrected chi connectivity index (χ3v) is 4.87. The molecular formula is C17H24O3. The summed E-state index contributed by atoms with van der Waals surface area (Å²) in [5.74, 6) is 0.331. The Morgan fingerprint density at radius 2 is 2.10 bits per heavy atom. The van der Waals surface area contributed by atoms with E-state index in [1.54, 1.807) is 7.11 Å². The smallest absolute Gasteiger partial charge is 0.0820 e. The molecule has 1 N–H and O–H groups in total. The molecule has 1 aliphatic carbocycles. The van der Waals surface area contributed by atoms with E-state index in [0.717, 1.165) is 30.6 Å². The molecule has 1 saturated heterocycles. The van der Waals surface area contributed by atoms with Crippen LogP contribution in [-0.4, -0.2) is 24.4 Å². The van der Waals surface area contributed by atoms with Crippen LogP contribution in [0.5, 0.6) is 0 Å². The van der Waals surface area contributed by atoms with Gasteiger partial charge in [-0.3, -0.25) is 0 Å². The summed E-state index contributed by atoms with van der Waals surface area (Å²) in [7, 11) is 1.70. The summed E-state index contributed by atoms with van der Waals surface area (Å²) in [5, 5.41) is 10.6. The minimum absolute atomic E-state index is 0.0971. The summed E-state index contributed by atoms with van der Waals surface area (Å²) in [5.41, 5.74) is 2.26. The number of ether oxygens (including phenoxy) is 2. The first kappa shape index (κ1) is 14.1. The van der Waals surface area contributed by atoms with Crippen molar-refractivity contribution in [2.24, 2.45) is 5.92 Å². The van der Waals surface area contributed by atoms with E-state index in [2.05, 4.69) is 0 Å². The van der Waals surface area contributed by atoms with Gasteiger partial charge in [0.1, 0.15) is 0 Å². The Morgan fingerprint density at radius 1 is 1.35 bits per heavy atom. The monoisotopic (exact) mass is 276 g/mol. The highest BCUT2D eigenvalue weighted by atomic mass is 16.5. The van der Waals surface area contributed by atoms with E-state index < -0.39 is 0 Å². The van der Waals surface area contributed by atoms with Crippen molar-refractivity contribution in [1.29, 1.82) is 0 Å². The van der Waals surface area contributed by atoms with Crippen LogP contribution in [0.2, 0.25) is 0 Å². The fraction of sp³-hybridized carbons (Fsp3) is 0.647. The lowest BCUT2D eigenvalue weighted by atomic mass is 9.70. The Morgan fingerprint density at radius 3 is 2.70 bits per heavy atom. The van der Waals surface area contributed by atoms with Crippen LogP contribution in [0.25, 0.3) is 0 Å². The molecule has 3 heteroatoms. The molecule has 1 saturated carbocycles. The first-order chi connectivity index (χ1) is 9.72. The lowest BCUT2D eigenvalue weighted by molar-refractivity contribution is -0.157. The second-order valence-electron chi connectivity index (χ2n) is 6.26. The Kier molecular flexibility index (Phi) is 4.11. The van der Waals surface area contributed by atoms with Crippen molar-refractivity contribution in [3.63, 3.8) is 0 Å². The number of methoxy groups -OCH3 is 1. The quantitative estimate of drug-likeness (QED) is 0.917. The maximum absolute atomic E-state index is 10.6. The average molecular weight is 276 g/mol. The van der Waals surface area contributed by atoms with Gasteiger partial charge in [0.15, 0.2) is 0 Å². The fourth-order valence-electron chi connectivity index (χ4n) is 3.50. The van der Waals surface area contributed by atoms with E-state index in [1.165, 1.54) is 19.3 Å². The first-order valence-corrected chi connectivity index (χ1v) is 7.62. The Hall–Kier alpha value is -0.900. The van der Waals surface area contributed by atoms with Gasteiger partial charge in [0.2, 0.25) is 0 Å². The minimum Gasteiger partial charge on any atom is -0.388 e. The van der Waals surface area contributed by atoms with Crippen LogP contribution in [0.15, 0.2) is 24.3 Å². The maximum Gasteiger partial charge on any atom is 0.0820 e. The molecule has 20 heavy (non-hydrogen) atoms. The molecule has 0 radical (unpaired) electrons. The van der Waals surface area contributed by atoms with E-state index in [9.17, 15) is 5.11 Å². The number of benzene rings is 1. The molecule has 110 valence electrons. The van der Waals surface area contributed by atoms with Gasteiger partial charge in [0.25, 0.3) is 0 Å². The second-order valence-corrected chi connectivity index (χ2v) is 6.26. The van der Waals surface area contributed by atoms with Gasteiger partial charge in [-0.2, -0.15) is 0 Å². The van der Waals surface area contributed by atoms with Crippen LogP contribution >= 0.6 is 0 Å². The maximum atomic E-state index is 10.6. The van der Waals surface area contributed by atoms with Crippen molar-refractivity contribution in [2.45, 2.75) is 50.4 Å². The standard InChI is InChI=1S/C17H24O3/c1-19-12-13-3-5-14(6-4-13)16(18)15-7-10-20-17(11-15)8-2-9-17/h3-6,15-16,18H,2,7-12H2,1H3. The van der Waals surface area contributed by atoms with Gasteiger partial charge in [-0.15, -0.1) is 0 Å². The highest BCUT2D eigenvalue weighted by Crippen LogP contribution is 2.47. The largest absolute Gasteiger partial charge is 0.388 e. The number of hydrogen-bond donors (Lipinski definition) is 1. The Balaban J connectivity index is 1.66. The van der Waals surface area contributed by atoms with Crippen molar-refractivity contribution in [1.82, 2.24) is 0 Å². The van der Waals surface area contributed by atoms with Crippen molar-refractivity contribution in [3.8, 4) is 0 Å². The van der Waals surface area contributed by atoms with Crippen LogP contribution in [0.4, 0.5) is 0 Å². The Bertz CT molecular complexity index is 436. The third-order valence-electron chi connectivity index (χ3n) is 4.87. The summed E-state index contributed by atoms with van der Waals surface area (Å²) in [6.07, 6.45) is 5.21. The molecule has 2 atom stereocenters. The molecule has 0 amide bonds. The molecule has 0 aromatic heterocycles. The SMILES string of the molecule is COCc1ccc(C(O)C2CCOC3(CCC3)C2)cc1. The summed E-state index contributed by atoms with van der Waals surface area (Å²) >= 11 is 0. The predicted octanol–water partition coefficient (Wildman–Crippen LogP) is 3.22. The number of hydrogen-bond acceptors (Lipinski definition) is 3. The zero-order valence-electron chi connectivity index (χ0n) is 12.2. The lowest BCUT2D eigenvalue weighted by Crippen LogP contribution is -2.46. The van der Waals surface area contributed by atoms with Crippen molar-refractivity contribution in [3.05, 3.63) is 35.4 Å². The van der Waals surface area contributed by atoms with Crippen molar-refractivity contribution < 1.29 is 14.6 Å². The summed E-state index contributed by atoms with van der Waals surface area (Å²) in [6.45, 7) is 1.42. The molecule has 1 aromatic carbocycles. The molecule has 2 unspecified atom stereocenters. The highest BCUT2D eigenvalue weighted by molar-refractivity contribution is 5.24. The Labute approximate surface area is 120 Å². The molecule has 1 spiro atoms. The van der Waals surface area contributed by atoms with Gasteiger partial charge in [-0.1, -0.05) is 24.3 Å². The summed E-state index contributed by atoms with van der Waals surface area (Å²) in [4.78, 5) is 0. The fourth-order valence-corrected chi connectivity index (χ4v) is 3.50. The third kappa shape index (κ3) is 2.76. The highest BCUT2D eigenvalue weighted by Gasteiger charge is 2.44. The number of aliphatic hydroxyl groups excluding tert-OH is 1. The number of rotatable bonds is 4. The van der Waals surface area contributed by atoms with Crippen LogP contribution < -0.4 is 0 Å². The molecule has 1 aliphatic heterocycles. The first-order valence-electron chi connectivity index (χ1n) is 7.62.